The molecule has 0 atom stereocenters. The van der Waals surface area contributed by atoms with Crippen molar-refractivity contribution in [3.8, 4) is 17.2 Å². The second-order valence-electron chi connectivity index (χ2n) is 9.18. The van der Waals surface area contributed by atoms with Crippen molar-refractivity contribution in [3.63, 3.8) is 0 Å². The topological polar surface area (TPSA) is 94.2 Å². The summed E-state index contributed by atoms with van der Waals surface area (Å²) in [5, 5.41) is 2.85. The average Bonchev–Trinajstić information content (AvgIpc) is 2.89. The van der Waals surface area contributed by atoms with E-state index in [2.05, 4.69) is 5.32 Å². The lowest BCUT2D eigenvalue weighted by Gasteiger charge is -2.26. The smallest absolute Gasteiger partial charge is 0.416 e. The fourth-order valence-corrected chi connectivity index (χ4v) is 4.78. The zero-order valence-electron chi connectivity index (χ0n) is 22.5. The van der Waals surface area contributed by atoms with Gasteiger partial charge in [-0.05, 0) is 60.9 Å². The van der Waals surface area contributed by atoms with Gasteiger partial charge in [-0.2, -0.15) is 21.6 Å². The Hall–Kier alpha value is -3.93. The summed E-state index contributed by atoms with van der Waals surface area (Å²) in [5.74, 6) is 0.430. The van der Waals surface area contributed by atoms with Crippen LogP contribution in [0.25, 0.3) is 0 Å². The standard InChI is InChI=1S/C28H31F3N2O6S/c1-5-38-24-12-7-6-11-23(24)32-27(34)33(17-19(2)3)18-20-13-14-25(37-4)26(15-20)39-40(35,36)22-10-8-9-21(16-22)28(29,30)31/h6-16,19H,5,17-18H2,1-4H3,(H,32,34). The molecular formula is C28H31F3N2O6S. The molecule has 0 aliphatic carbocycles. The molecular weight excluding hydrogens is 549 g/mol. The third-order valence-corrected chi connectivity index (χ3v) is 6.78. The molecule has 0 spiro atoms. The second-order valence-corrected chi connectivity index (χ2v) is 10.7. The lowest BCUT2D eigenvalue weighted by Crippen LogP contribution is -2.37. The van der Waals surface area contributed by atoms with E-state index in [-0.39, 0.29) is 24.0 Å². The molecule has 2 amide bonds. The second kappa shape index (κ2) is 12.9. The monoisotopic (exact) mass is 580 g/mol. The third kappa shape index (κ3) is 8.04. The van der Waals surface area contributed by atoms with Crippen LogP contribution in [0.3, 0.4) is 0 Å². The van der Waals surface area contributed by atoms with Gasteiger partial charge in [0.15, 0.2) is 11.5 Å². The van der Waals surface area contributed by atoms with E-state index in [1.807, 2.05) is 20.8 Å². The molecule has 0 unspecified atom stereocenters. The molecule has 0 saturated heterocycles. The Balaban J connectivity index is 1.88. The highest BCUT2D eigenvalue weighted by molar-refractivity contribution is 7.87. The van der Waals surface area contributed by atoms with Crippen LogP contribution in [-0.4, -0.2) is 39.6 Å². The molecule has 0 fully saturated rings. The summed E-state index contributed by atoms with van der Waals surface area (Å²) < 4.78 is 81.2. The van der Waals surface area contributed by atoms with Crippen LogP contribution in [0.1, 0.15) is 31.9 Å². The lowest BCUT2D eigenvalue weighted by atomic mass is 10.1. The Morgan fingerprint density at radius 1 is 0.975 bits per heavy atom. The van der Waals surface area contributed by atoms with Crippen LogP contribution in [0, 0.1) is 5.92 Å². The number of alkyl halides is 3. The molecule has 3 aromatic carbocycles. The zero-order chi connectivity index (χ0) is 29.5. The van der Waals surface area contributed by atoms with Gasteiger partial charge < -0.3 is 23.9 Å². The molecule has 12 heteroatoms. The largest absolute Gasteiger partial charge is 0.493 e. The van der Waals surface area contributed by atoms with E-state index < -0.39 is 32.8 Å². The van der Waals surface area contributed by atoms with Gasteiger partial charge in [-0.3, -0.25) is 0 Å². The van der Waals surface area contributed by atoms with Crippen LogP contribution >= 0.6 is 0 Å². The normalized spacial score (nSPS) is 11.7. The number of hydrogen-bond donors (Lipinski definition) is 1. The molecule has 8 nitrogen and oxygen atoms in total. The number of halogens is 3. The van der Waals surface area contributed by atoms with Crippen molar-refractivity contribution in [3.05, 3.63) is 77.9 Å². The number of ether oxygens (including phenoxy) is 2. The summed E-state index contributed by atoms with van der Waals surface area (Å²) in [6, 6.07) is 14.3. The van der Waals surface area contributed by atoms with Crippen molar-refractivity contribution in [1.82, 2.24) is 4.90 Å². The molecule has 0 aliphatic heterocycles. The van der Waals surface area contributed by atoms with Crippen molar-refractivity contribution in [2.75, 3.05) is 25.6 Å². The first-order valence-corrected chi connectivity index (χ1v) is 13.8. The van der Waals surface area contributed by atoms with Gasteiger partial charge in [-0.15, -0.1) is 0 Å². The minimum Gasteiger partial charge on any atom is -0.493 e. The van der Waals surface area contributed by atoms with Crippen molar-refractivity contribution in [2.45, 2.75) is 38.4 Å². The van der Waals surface area contributed by atoms with Crippen LogP contribution in [0.5, 0.6) is 17.2 Å². The Morgan fingerprint density at radius 2 is 1.70 bits per heavy atom. The van der Waals surface area contributed by atoms with Crippen molar-refractivity contribution in [2.24, 2.45) is 5.92 Å². The van der Waals surface area contributed by atoms with Crippen LogP contribution in [0.4, 0.5) is 23.7 Å². The van der Waals surface area contributed by atoms with Gasteiger partial charge in [0.05, 0.1) is 25.0 Å². The first-order valence-electron chi connectivity index (χ1n) is 12.4. The SMILES string of the molecule is CCOc1ccccc1NC(=O)N(Cc1ccc(OC)c(OS(=O)(=O)c2cccc(C(F)(F)F)c2)c1)CC(C)C. The van der Waals surface area contributed by atoms with E-state index in [1.54, 1.807) is 35.2 Å². The van der Waals surface area contributed by atoms with Crippen LogP contribution in [-0.2, 0) is 22.8 Å². The van der Waals surface area contributed by atoms with Gasteiger partial charge in [-0.25, -0.2) is 4.79 Å². The molecule has 0 saturated carbocycles. The van der Waals surface area contributed by atoms with Gasteiger partial charge in [0, 0.05) is 13.1 Å². The first kappa shape index (κ1) is 30.6. The van der Waals surface area contributed by atoms with E-state index in [4.69, 9.17) is 13.7 Å². The van der Waals surface area contributed by atoms with Crippen molar-refractivity contribution in [1.29, 1.82) is 0 Å². The fourth-order valence-electron chi connectivity index (χ4n) is 3.80. The summed E-state index contributed by atoms with van der Waals surface area (Å²) in [6.07, 6.45) is -4.73. The number of nitrogens with one attached hydrogen (secondary N) is 1. The molecule has 216 valence electrons. The highest BCUT2D eigenvalue weighted by Gasteiger charge is 2.32. The maximum atomic E-state index is 13.3. The molecule has 40 heavy (non-hydrogen) atoms. The fraction of sp³-hybridized carbons (Fsp3) is 0.321. The maximum absolute atomic E-state index is 13.3. The zero-order valence-corrected chi connectivity index (χ0v) is 23.3. The Labute approximate surface area is 231 Å². The van der Waals surface area contributed by atoms with E-state index in [0.29, 0.717) is 36.2 Å². The van der Waals surface area contributed by atoms with Crippen LogP contribution < -0.4 is 19.0 Å². The van der Waals surface area contributed by atoms with Crippen molar-refractivity contribution < 1.29 is 40.0 Å². The Kier molecular flexibility index (Phi) is 9.91. The number of para-hydroxylation sites is 2. The predicted molar refractivity (Wildman–Crippen MR) is 144 cm³/mol. The first-order chi connectivity index (χ1) is 18.8. The minimum atomic E-state index is -4.73. The number of amides is 2. The van der Waals surface area contributed by atoms with E-state index >= 15 is 0 Å². The van der Waals surface area contributed by atoms with Gasteiger partial charge >= 0.3 is 22.3 Å². The highest BCUT2D eigenvalue weighted by Crippen LogP contribution is 2.34. The molecule has 3 rings (SSSR count). The van der Waals surface area contributed by atoms with Gasteiger partial charge in [0.1, 0.15) is 10.6 Å². The number of anilines is 1. The minimum absolute atomic E-state index is 0.0461. The molecule has 0 radical (unpaired) electrons. The highest BCUT2D eigenvalue weighted by atomic mass is 32.2. The summed E-state index contributed by atoms with van der Waals surface area (Å²) in [7, 11) is -3.35. The van der Waals surface area contributed by atoms with Gasteiger partial charge in [0.25, 0.3) is 0 Å². The number of nitrogens with zero attached hydrogens (tertiary/aromatic N) is 1. The summed E-state index contributed by atoms with van der Waals surface area (Å²) in [6.45, 7) is 6.58. The van der Waals surface area contributed by atoms with E-state index in [9.17, 15) is 26.4 Å². The Morgan fingerprint density at radius 3 is 2.35 bits per heavy atom. The molecule has 3 aromatic rings. The number of carbonyl (C=O) groups excluding carboxylic acids is 1. The van der Waals surface area contributed by atoms with E-state index in [1.165, 1.54) is 19.2 Å². The molecule has 1 N–H and O–H groups in total. The quantitative estimate of drug-likeness (QED) is 0.258. The number of methoxy groups -OCH3 is 1. The summed E-state index contributed by atoms with van der Waals surface area (Å²) >= 11 is 0. The average molecular weight is 581 g/mol. The number of rotatable bonds is 11. The number of carbonyl (C=O) groups is 1. The molecule has 0 aromatic heterocycles. The van der Waals surface area contributed by atoms with Crippen LogP contribution in [0.2, 0.25) is 0 Å². The molecule has 0 bridgehead atoms. The Bertz CT molecular complexity index is 1430. The summed E-state index contributed by atoms with van der Waals surface area (Å²) in [4.78, 5) is 14.1. The van der Waals surface area contributed by atoms with Gasteiger partial charge in [0.2, 0.25) is 0 Å². The number of benzene rings is 3. The maximum Gasteiger partial charge on any atom is 0.416 e. The third-order valence-electron chi connectivity index (χ3n) is 5.55. The van der Waals surface area contributed by atoms with Crippen LogP contribution in [0.15, 0.2) is 71.6 Å². The van der Waals surface area contributed by atoms with Crippen molar-refractivity contribution >= 4 is 21.8 Å². The number of hydrogen-bond acceptors (Lipinski definition) is 6. The van der Waals surface area contributed by atoms with E-state index in [0.717, 1.165) is 18.2 Å². The number of urea groups is 1. The summed E-state index contributed by atoms with van der Waals surface area (Å²) in [5.41, 5.74) is -0.128. The predicted octanol–water partition coefficient (Wildman–Crippen LogP) is 6.57. The lowest BCUT2D eigenvalue weighted by molar-refractivity contribution is -0.137. The van der Waals surface area contributed by atoms with Gasteiger partial charge in [-0.1, -0.05) is 38.1 Å². The molecule has 0 aliphatic rings. The molecule has 0 heterocycles.